The van der Waals surface area contributed by atoms with Crippen LogP contribution in [0.5, 0.6) is 11.5 Å². The van der Waals surface area contributed by atoms with Gasteiger partial charge in [0.05, 0.1) is 26.7 Å². The smallest absolute Gasteiger partial charge is 0.264 e. The molecule has 3 N–H and O–H groups in total. The van der Waals surface area contributed by atoms with Crippen LogP contribution in [-0.4, -0.2) is 72.5 Å². The highest BCUT2D eigenvalue weighted by Gasteiger charge is 2.46. The Balaban J connectivity index is 1.20. The minimum atomic E-state index is -1.21. The molecule has 3 aromatic carbocycles. The van der Waals surface area contributed by atoms with Crippen molar-refractivity contribution in [1.29, 1.82) is 0 Å². The first-order chi connectivity index (χ1) is 22.7. The number of nitrogens with one attached hydrogen (secondary N) is 3. The molecule has 10 nitrogen and oxygen atoms in total. The number of para-hydroxylation sites is 1. The Bertz CT molecular complexity index is 1800. The maximum Gasteiger partial charge on any atom is 0.264 e. The number of likely N-dealkylation sites (tertiary alicyclic amines) is 1. The summed E-state index contributed by atoms with van der Waals surface area (Å²) in [5, 5.41) is 10.3. The molecule has 0 aliphatic carbocycles. The number of amides is 3. The first kappa shape index (κ1) is 32.7. The van der Waals surface area contributed by atoms with Gasteiger partial charge < -0.3 is 30.3 Å². The van der Waals surface area contributed by atoms with Crippen molar-refractivity contribution in [2.45, 2.75) is 50.7 Å². The van der Waals surface area contributed by atoms with Crippen LogP contribution in [0.3, 0.4) is 0 Å². The van der Waals surface area contributed by atoms with Gasteiger partial charge in [0.2, 0.25) is 11.8 Å². The summed E-state index contributed by atoms with van der Waals surface area (Å²) in [7, 11) is 1.59. The van der Waals surface area contributed by atoms with Crippen molar-refractivity contribution in [3.05, 3.63) is 71.2 Å². The molecule has 2 aliphatic rings. The SMILES string of the molecule is CNC(=O)C1(Oc2ccccc2-c2nc3cccc(Cl)c3s2)CCN(C(=O)[C@H]2CC(=O)Nc3ccc(OCCNC(C)C)cc32)CC1. The molecule has 1 saturated heterocycles. The minimum absolute atomic E-state index is 0.0390. The number of hydrogen-bond donors (Lipinski definition) is 3. The van der Waals surface area contributed by atoms with E-state index >= 15 is 0 Å². The van der Waals surface area contributed by atoms with E-state index < -0.39 is 11.5 Å². The van der Waals surface area contributed by atoms with Gasteiger partial charge in [0.25, 0.3) is 5.91 Å². The summed E-state index contributed by atoms with van der Waals surface area (Å²) >= 11 is 7.90. The zero-order valence-electron chi connectivity index (χ0n) is 26.6. The molecule has 0 spiro atoms. The largest absolute Gasteiger partial charge is 0.492 e. The zero-order chi connectivity index (χ0) is 33.1. The normalized spacial score (nSPS) is 17.3. The second-order valence-electron chi connectivity index (χ2n) is 12.1. The number of nitrogens with zero attached hydrogens (tertiary/aromatic N) is 2. The van der Waals surface area contributed by atoms with E-state index in [2.05, 4.69) is 29.8 Å². The molecule has 1 aromatic heterocycles. The summed E-state index contributed by atoms with van der Waals surface area (Å²) < 4.78 is 13.4. The fraction of sp³-hybridized carbons (Fsp3) is 0.371. The van der Waals surface area contributed by atoms with E-state index in [1.54, 1.807) is 24.1 Å². The summed E-state index contributed by atoms with van der Waals surface area (Å²) in [6.07, 6.45) is 0.587. The van der Waals surface area contributed by atoms with E-state index in [1.165, 1.54) is 11.3 Å². The number of ether oxygens (including phenoxy) is 2. The number of aromatic nitrogens is 1. The molecule has 6 rings (SSSR count). The molecular formula is C35H38ClN5O5S. The Hall–Kier alpha value is -4.19. The highest BCUT2D eigenvalue weighted by molar-refractivity contribution is 7.22. The molecule has 4 aromatic rings. The van der Waals surface area contributed by atoms with Gasteiger partial charge in [-0.2, -0.15) is 0 Å². The van der Waals surface area contributed by atoms with Crippen LogP contribution in [-0.2, 0) is 14.4 Å². The zero-order valence-corrected chi connectivity index (χ0v) is 28.2. The number of piperidine rings is 1. The Labute approximate surface area is 282 Å². The third-order valence-corrected chi connectivity index (χ3v) is 10.2. The number of thiazole rings is 1. The fourth-order valence-electron chi connectivity index (χ4n) is 6.15. The van der Waals surface area contributed by atoms with Crippen LogP contribution >= 0.6 is 22.9 Å². The Morgan fingerprint density at radius 1 is 1.13 bits per heavy atom. The summed E-state index contributed by atoms with van der Waals surface area (Å²) in [6, 6.07) is 18.9. The van der Waals surface area contributed by atoms with Gasteiger partial charge in [0, 0.05) is 57.7 Å². The van der Waals surface area contributed by atoms with Crippen LogP contribution < -0.4 is 25.4 Å². The number of carbonyl (C=O) groups is 3. The Kier molecular flexibility index (Phi) is 9.67. The van der Waals surface area contributed by atoms with Crippen molar-refractivity contribution < 1.29 is 23.9 Å². The maximum atomic E-state index is 14.0. The van der Waals surface area contributed by atoms with Crippen molar-refractivity contribution in [1.82, 2.24) is 20.5 Å². The number of anilines is 1. The first-order valence-electron chi connectivity index (χ1n) is 15.8. The minimum Gasteiger partial charge on any atom is -0.492 e. The van der Waals surface area contributed by atoms with Crippen LogP contribution in [0.4, 0.5) is 5.69 Å². The summed E-state index contributed by atoms with van der Waals surface area (Å²) in [6.45, 7) is 5.89. The molecule has 0 saturated carbocycles. The molecule has 12 heteroatoms. The number of carbonyl (C=O) groups excluding carboxylic acids is 3. The lowest BCUT2D eigenvalue weighted by Gasteiger charge is -2.42. The molecular weight excluding hydrogens is 638 g/mol. The molecule has 1 fully saturated rings. The molecule has 1 atom stereocenters. The number of fused-ring (bicyclic) bond motifs is 2. The fourth-order valence-corrected chi connectivity index (χ4v) is 7.44. The van der Waals surface area contributed by atoms with Gasteiger partial charge in [0.15, 0.2) is 5.60 Å². The summed E-state index contributed by atoms with van der Waals surface area (Å²) in [4.78, 5) is 46.6. The summed E-state index contributed by atoms with van der Waals surface area (Å²) in [5.41, 5.74) is 1.69. The molecule has 3 amide bonds. The molecule has 2 aliphatic heterocycles. The van der Waals surface area contributed by atoms with Crippen molar-refractivity contribution in [3.63, 3.8) is 0 Å². The predicted octanol–water partition coefficient (Wildman–Crippen LogP) is 5.61. The molecule has 47 heavy (non-hydrogen) atoms. The highest BCUT2D eigenvalue weighted by Crippen LogP contribution is 2.42. The van der Waals surface area contributed by atoms with Gasteiger partial charge in [-0.25, -0.2) is 4.98 Å². The molecule has 246 valence electrons. The van der Waals surface area contributed by atoms with Gasteiger partial charge in [-0.3, -0.25) is 14.4 Å². The Morgan fingerprint density at radius 3 is 2.66 bits per heavy atom. The molecule has 0 unspecified atom stereocenters. The number of benzene rings is 3. The molecule has 0 radical (unpaired) electrons. The number of likely N-dealkylation sites (N-methyl/N-ethyl adjacent to an activating group) is 1. The maximum absolute atomic E-state index is 14.0. The van der Waals surface area contributed by atoms with Crippen molar-refractivity contribution >= 4 is 56.6 Å². The second-order valence-corrected chi connectivity index (χ2v) is 13.5. The lowest BCUT2D eigenvalue weighted by atomic mass is 9.86. The van der Waals surface area contributed by atoms with E-state index in [9.17, 15) is 14.4 Å². The van der Waals surface area contributed by atoms with E-state index in [1.807, 2.05) is 48.5 Å². The predicted molar refractivity (Wildman–Crippen MR) is 184 cm³/mol. The topological polar surface area (TPSA) is 122 Å². The third kappa shape index (κ3) is 6.93. The number of halogens is 1. The van der Waals surface area contributed by atoms with Gasteiger partial charge in [-0.05, 0) is 48.0 Å². The van der Waals surface area contributed by atoms with Gasteiger partial charge in [-0.15, -0.1) is 11.3 Å². The standard InChI is InChI=1S/C35H38ClN5O5S/c1-21(2)38-15-18-45-22-11-12-27-24(19-22)25(20-30(42)39-27)33(43)41-16-13-35(14-17-41,34(44)37-3)46-29-10-5-4-7-23(29)32-40-28-9-6-8-26(36)31(28)47-32/h4-12,19,21,25,38H,13-18,20H2,1-3H3,(H,37,44)(H,39,42)/t25-/m0/s1. The molecule has 3 heterocycles. The monoisotopic (exact) mass is 675 g/mol. The van der Waals surface area contributed by atoms with E-state index in [-0.39, 0.29) is 50.1 Å². The van der Waals surface area contributed by atoms with Crippen LogP contribution in [0.2, 0.25) is 5.02 Å². The van der Waals surface area contributed by atoms with Crippen LogP contribution in [0.15, 0.2) is 60.7 Å². The Morgan fingerprint density at radius 2 is 1.91 bits per heavy atom. The lowest BCUT2D eigenvalue weighted by Crippen LogP contribution is -2.58. The average Bonchev–Trinajstić information content (AvgIpc) is 3.52. The van der Waals surface area contributed by atoms with E-state index in [4.69, 9.17) is 26.1 Å². The van der Waals surface area contributed by atoms with Crippen molar-refractivity contribution in [3.8, 4) is 22.1 Å². The highest BCUT2D eigenvalue weighted by atomic mass is 35.5. The van der Waals surface area contributed by atoms with E-state index in [0.717, 1.165) is 26.4 Å². The van der Waals surface area contributed by atoms with Gasteiger partial charge in [0.1, 0.15) is 23.1 Å². The third-order valence-electron chi connectivity index (χ3n) is 8.60. The van der Waals surface area contributed by atoms with Crippen LogP contribution in [0.1, 0.15) is 44.6 Å². The lowest BCUT2D eigenvalue weighted by molar-refractivity contribution is -0.147. The number of rotatable bonds is 10. The van der Waals surface area contributed by atoms with Crippen molar-refractivity contribution in [2.24, 2.45) is 0 Å². The van der Waals surface area contributed by atoms with E-state index in [0.29, 0.717) is 41.4 Å². The number of hydrogen-bond acceptors (Lipinski definition) is 8. The van der Waals surface area contributed by atoms with Crippen LogP contribution in [0.25, 0.3) is 20.8 Å². The van der Waals surface area contributed by atoms with Gasteiger partial charge >= 0.3 is 0 Å². The quantitative estimate of drug-likeness (QED) is 0.187. The molecule has 0 bridgehead atoms. The second kappa shape index (κ2) is 13.9. The van der Waals surface area contributed by atoms with Crippen molar-refractivity contribution in [2.75, 3.05) is 38.6 Å². The van der Waals surface area contributed by atoms with Gasteiger partial charge in [-0.1, -0.05) is 43.6 Å². The van der Waals surface area contributed by atoms with Crippen LogP contribution in [0, 0.1) is 0 Å². The first-order valence-corrected chi connectivity index (χ1v) is 17.0. The average molecular weight is 676 g/mol. The summed E-state index contributed by atoms with van der Waals surface area (Å²) in [5.74, 6) is -0.113.